The molecule has 5 nitrogen and oxygen atoms in total. The van der Waals surface area contributed by atoms with Gasteiger partial charge in [0.1, 0.15) is 0 Å². The van der Waals surface area contributed by atoms with Gasteiger partial charge >= 0.3 is 0 Å². The van der Waals surface area contributed by atoms with Gasteiger partial charge in [-0.3, -0.25) is 4.79 Å². The van der Waals surface area contributed by atoms with E-state index in [1.54, 1.807) is 0 Å². The van der Waals surface area contributed by atoms with Crippen molar-refractivity contribution in [3.8, 4) is 11.5 Å². The Kier molecular flexibility index (Phi) is 3.96. The van der Waals surface area contributed by atoms with Gasteiger partial charge in [-0.15, -0.1) is 10.2 Å². The van der Waals surface area contributed by atoms with E-state index in [1.807, 2.05) is 38.1 Å². The molecule has 1 aromatic carbocycles. The molecular weight excluding hydrogens is 286 g/mol. The average Bonchev–Trinajstić information content (AvgIpc) is 3.16. The first-order chi connectivity index (χ1) is 10.1. The number of hydrogen-bond donors (Lipinski definition) is 1. The highest BCUT2D eigenvalue weighted by atomic mass is 32.2. The van der Waals surface area contributed by atoms with Crippen molar-refractivity contribution in [3.63, 3.8) is 0 Å². The molecular formula is C15H17N3O2S. The van der Waals surface area contributed by atoms with Crippen LogP contribution in [0.3, 0.4) is 0 Å². The number of aromatic nitrogens is 2. The lowest BCUT2D eigenvalue weighted by Gasteiger charge is -2.08. The van der Waals surface area contributed by atoms with Crippen molar-refractivity contribution >= 4 is 17.7 Å². The molecule has 1 aliphatic rings. The zero-order valence-corrected chi connectivity index (χ0v) is 12.8. The minimum atomic E-state index is -0.240. The highest BCUT2D eigenvalue weighted by Gasteiger charge is 2.27. The van der Waals surface area contributed by atoms with Crippen molar-refractivity contribution in [3.05, 3.63) is 29.8 Å². The fourth-order valence-corrected chi connectivity index (χ4v) is 2.62. The standard InChI is InChI=1S/C15H17N3O2S/c1-9-5-3-4-6-12(9)14-17-18-15(20-14)21-10(2)13(19)16-11-7-8-11/h3-6,10-11H,7-8H2,1-2H3,(H,16,19)/t10-/m0/s1. The summed E-state index contributed by atoms with van der Waals surface area (Å²) in [6, 6.07) is 8.21. The van der Waals surface area contributed by atoms with Gasteiger partial charge in [0.2, 0.25) is 11.8 Å². The Morgan fingerprint density at radius 1 is 1.38 bits per heavy atom. The molecule has 2 aromatic rings. The van der Waals surface area contributed by atoms with E-state index in [0.717, 1.165) is 24.0 Å². The lowest BCUT2D eigenvalue weighted by molar-refractivity contribution is -0.120. The van der Waals surface area contributed by atoms with E-state index in [1.165, 1.54) is 11.8 Å². The van der Waals surface area contributed by atoms with E-state index in [4.69, 9.17) is 4.42 Å². The number of thioether (sulfide) groups is 1. The van der Waals surface area contributed by atoms with Crippen LogP contribution in [-0.4, -0.2) is 27.4 Å². The fraction of sp³-hybridized carbons (Fsp3) is 0.400. The quantitative estimate of drug-likeness (QED) is 0.860. The molecule has 1 amide bonds. The molecule has 0 spiro atoms. The van der Waals surface area contributed by atoms with Gasteiger partial charge in [-0.1, -0.05) is 30.0 Å². The second-order valence-corrected chi connectivity index (χ2v) is 6.52. The molecule has 1 heterocycles. The fourth-order valence-electron chi connectivity index (χ4n) is 1.93. The summed E-state index contributed by atoms with van der Waals surface area (Å²) in [5, 5.41) is 11.2. The molecule has 1 aliphatic carbocycles. The van der Waals surface area contributed by atoms with Gasteiger partial charge < -0.3 is 9.73 Å². The van der Waals surface area contributed by atoms with Gasteiger partial charge in [-0.2, -0.15) is 0 Å². The number of amides is 1. The molecule has 3 rings (SSSR count). The first kappa shape index (κ1) is 14.1. The van der Waals surface area contributed by atoms with Crippen LogP contribution in [0.15, 0.2) is 33.9 Å². The zero-order chi connectivity index (χ0) is 14.8. The molecule has 1 aromatic heterocycles. The minimum Gasteiger partial charge on any atom is -0.411 e. The molecule has 6 heteroatoms. The smallest absolute Gasteiger partial charge is 0.277 e. The van der Waals surface area contributed by atoms with E-state index < -0.39 is 0 Å². The van der Waals surface area contributed by atoms with Crippen molar-refractivity contribution < 1.29 is 9.21 Å². The normalized spacial score (nSPS) is 15.7. The van der Waals surface area contributed by atoms with Crippen LogP contribution in [0.2, 0.25) is 0 Å². The molecule has 110 valence electrons. The number of carbonyl (C=O) groups is 1. The van der Waals surface area contributed by atoms with Crippen molar-refractivity contribution in [2.75, 3.05) is 0 Å². The second-order valence-electron chi connectivity index (χ2n) is 5.23. The zero-order valence-electron chi connectivity index (χ0n) is 12.0. The Morgan fingerprint density at radius 2 is 2.14 bits per heavy atom. The monoisotopic (exact) mass is 303 g/mol. The molecule has 0 radical (unpaired) electrons. The van der Waals surface area contributed by atoms with E-state index in [9.17, 15) is 4.79 Å². The Labute approximate surface area is 127 Å². The van der Waals surface area contributed by atoms with Gasteiger partial charge in [0, 0.05) is 11.6 Å². The summed E-state index contributed by atoms with van der Waals surface area (Å²) in [6.45, 7) is 3.85. The highest BCUT2D eigenvalue weighted by Crippen LogP contribution is 2.28. The molecule has 0 bridgehead atoms. The average molecular weight is 303 g/mol. The van der Waals surface area contributed by atoms with Gasteiger partial charge in [0.05, 0.1) is 5.25 Å². The maximum absolute atomic E-state index is 11.9. The molecule has 0 unspecified atom stereocenters. The Bertz CT molecular complexity index is 652. The van der Waals surface area contributed by atoms with Crippen LogP contribution in [-0.2, 0) is 4.79 Å². The highest BCUT2D eigenvalue weighted by molar-refractivity contribution is 8.00. The van der Waals surface area contributed by atoms with Crippen LogP contribution < -0.4 is 5.32 Å². The minimum absolute atomic E-state index is 0.0261. The number of rotatable bonds is 5. The van der Waals surface area contributed by atoms with Gasteiger partial charge in [0.25, 0.3) is 5.22 Å². The molecule has 0 aliphatic heterocycles. The molecule has 1 saturated carbocycles. The molecule has 1 fully saturated rings. The number of aryl methyl sites for hydroxylation is 1. The van der Waals surface area contributed by atoms with Crippen LogP contribution in [0.5, 0.6) is 0 Å². The molecule has 0 saturated heterocycles. The van der Waals surface area contributed by atoms with Crippen LogP contribution in [0.1, 0.15) is 25.3 Å². The van der Waals surface area contributed by atoms with Gasteiger partial charge in [0.15, 0.2) is 0 Å². The SMILES string of the molecule is Cc1ccccc1-c1nnc(S[C@@H](C)C(=O)NC2CC2)o1. The van der Waals surface area contributed by atoms with Crippen LogP contribution >= 0.6 is 11.8 Å². The first-order valence-corrected chi connectivity index (χ1v) is 7.88. The summed E-state index contributed by atoms with van der Waals surface area (Å²) in [4.78, 5) is 11.9. The Hall–Kier alpha value is -1.82. The summed E-state index contributed by atoms with van der Waals surface area (Å²) < 4.78 is 5.65. The third kappa shape index (κ3) is 3.44. The molecule has 1 N–H and O–H groups in total. The van der Waals surface area contributed by atoms with Gasteiger partial charge in [-0.25, -0.2) is 0 Å². The second kappa shape index (κ2) is 5.89. The number of hydrogen-bond acceptors (Lipinski definition) is 5. The lowest BCUT2D eigenvalue weighted by Crippen LogP contribution is -2.32. The van der Waals surface area contributed by atoms with E-state index in [0.29, 0.717) is 17.2 Å². The van der Waals surface area contributed by atoms with Crippen LogP contribution in [0.25, 0.3) is 11.5 Å². The maximum atomic E-state index is 11.9. The van der Waals surface area contributed by atoms with E-state index >= 15 is 0 Å². The van der Waals surface area contributed by atoms with Crippen molar-refractivity contribution in [1.82, 2.24) is 15.5 Å². The van der Waals surface area contributed by atoms with Crippen molar-refractivity contribution in [2.24, 2.45) is 0 Å². The lowest BCUT2D eigenvalue weighted by atomic mass is 10.1. The Balaban J connectivity index is 1.67. The van der Waals surface area contributed by atoms with Crippen LogP contribution in [0.4, 0.5) is 0 Å². The summed E-state index contributed by atoms with van der Waals surface area (Å²) in [5.41, 5.74) is 2.00. The predicted molar refractivity (Wildman–Crippen MR) is 81.0 cm³/mol. The predicted octanol–water partition coefficient (Wildman–Crippen LogP) is 2.80. The molecule has 21 heavy (non-hydrogen) atoms. The number of carbonyl (C=O) groups excluding carboxylic acids is 1. The maximum Gasteiger partial charge on any atom is 0.277 e. The third-order valence-corrected chi connectivity index (χ3v) is 4.29. The molecule has 1 atom stereocenters. The first-order valence-electron chi connectivity index (χ1n) is 7.00. The number of benzene rings is 1. The summed E-state index contributed by atoms with van der Waals surface area (Å²) in [5.74, 6) is 0.517. The van der Waals surface area contributed by atoms with E-state index in [-0.39, 0.29) is 11.2 Å². The third-order valence-electron chi connectivity index (χ3n) is 3.35. The van der Waals surface area contributed by atoms with E-state index in [2.05, 4.69) is 15.5 Å². The number of nitrogens with zero attached hydrogens (tertiary/aromatic N) is 2. The van der Waals surface area contributed by atoms with Crippen molar-refractivity contribution in [2.45, 2.75) is 43.2 Å². The van der Waals surface area contributed by atoms with Crippen molar-refractivity contribution in [1.29, 1.82) is 0 Å². The summed E-state index contributed by atoms with van der Waals surface area (Å²) in [7, 11) is 0. The largest absolute Gasteiger partial charge is 0.411 e. The topological polar surface area (TPSA) is 68.0 Å². The summed E-state index contributed by atoms with van der Waals surface area (Å²) in [6.07, 6.45) is 2.17. The van der Waals surface area contributed by atoms with Crippen LogP contribution in [0, 0.1) is 6.92 Å². The summed E-state index contributed by atoms with van der Waals surface area (Å²) >= 11 is 1.29. The Morgan fingerprint density at radius 3 is 2.86 bits per heavy atom. The number of nitrogens with one attached hydrogen (secondary N) is 1. The van der Waals surface area contributed by atoms with Gasteiger partial charge in [-0.05, 0) is 38.3 Å².